The number of ether oxygens (including phenoxy) is 1. The Labute approximate surface area is 213 Å². The summed E-state index contributed by atoms with van der Waals surface area (Å²) < 4.78 is 8.36. The Morgan fingerprint density at radius 1 is 1.31 bits per heavy atom. The lowest BCUT2D eigenvalue weighted by Crippen LogP contribution is -2.28. The molecule has 5 rings (SSSR count). The van der Waals surface area contributed by atoms with E-state index in [2.05, 4.69) is 15.1 Å². The van der Waals surface area contributed by atoms with Crippen molar-refractivity contribution in [1.29, 1.82) is 0 Å². The van der Waals surface area contributed by atoms with Crippen molar-refractivity contribution >= 4 is 62.4 Å². The summed E-state index contributed by atoms with van der Waals surface area (Å²) in [5, 5.41) is 8.94. The number of rotatable bonds is 6. The molecule has 1 aliphatic heterocycles. The molecule has 0 amide bonds. The molecule has 0 spiro atoms. The topological polar surface area (TPSA) is 98.8 Å². The van der Waals surface area contributed by atoms with E-state index < -0.39 is 11.2 Å². The molecular weight excluding hydrogens is 510 g/mol. The number of carbonyl (C=O) groups excluding carboxylic acids is 2. The third kappa shape index (κ3) is 4.16. The standard InChI is InChI=1S/C23H22ClN5O4S2/c1-4-33-21(32)18(12(2)30)35-23-26-25-22-28(14-7-5-6-13(24)10-14)19(31)17-15-8-9-27(3)11-16(15)34-20(17)29(22)23/h5-7,10,18H,4,8-9,11H2,1-3H3. The summed E-state index contributed by atoms with van der Waals surface area (Å²) in [5.74, 6) is -0.699. The average molecular weight is 532 g/mol. The number of Topliss-reactive ketones (excluding diaryl/α,β-unsaturated/α-hetero) is 1. The van der Waals surface area contributed by atoms with Crippen LogP contribution < -0.4 is 5.56 Å². The van der Waals surface area contributed by atoms with Crippen molar-refractivity contribution in [3.05, 3.63) is 50.1 Å². The molecule has 1 aliphatic rings. The normalized spacial score (nSPS) is 14.9. The lowest BCUT2D eigenvalue weighted by Gasteiger charge is -2.21. The lowest BCUT2D eigenvalue weighted by molar-refractivity contribution is -0.144. The van der Waals surface area contributed by atoms with Crippen LogP contribution in [0.3, 0.4) is 0 Å². The van der Waals surface area contributed by atoms with E-state index in [9.17, 15) is 14.4 Å². The number of halogens is 1. The number of hydrogen-bond donors (Lipinski definition) is 0. The van der Waals surface area contributed by atoms with Crippen LogP contribution in [0.1, 0.15) is 24.3 Å². The number of hydrogen-bond acceptors (Lipinski definition) is 9. The molecule has 0 N–H and O–H groups in total. The Morgan fingerprint density at radius 3 is 2.83 bits per heavy atom. The summed E-state index contributed by atoms with van der Waals surface area (Å²) in [7, 11) is 2.05. The fourth-order valence-corrected chi connectivity index (χ4v) is 6.79. The number of thioether (sulfide) groups is 1. The van der Waals surface area contributed by atoms with Gasteiger partial charge in [-0.1, -0.05) is 29.4 Å². The van der Waals surface area contributed by atoms with Gasteiger partial charge in [-0.3, -0.25) is 14.4 Å². The minimum absolute atomic E-state index is 0.160. The van der Waals surface area contributed by atoms with Crippen LogP contribution >= 0.6 is 34.7 Å². The summed E-state index contributed by atoms with van der Waals surface area (Å²) in [5.41, 5.74) is 1.37. The van der Waals surface area contributed by atoms with Gasteiger partial charge in [-0.15, -0.1) is 21.5 Å². The highest BCUT2D eigenvalue weighted by Gasteiger charge is 2.31. The molecule has 0 fully saturated rings. The van der Waals surface area contributed by atoms with E-state index in [4.69, 9.17) is 16.3 Å². The fourth-order valence-electron chi connectivity index (χ4n) is 4.23. The molecule has 0 radical (unpaired) electrons. The lowest BCUT2D eigenvalue weighted by atomic mass is 10.1. The molecular formula is C23H22ClN5O4S2. The Bertz CT molecular complexity index is 1540. The summed E-state index contributed by atoms with van der Waals surface area (Å²) in [6.45, 7) is 4.76. The van der Waals surface area contributed by atoms with Gasteiger partial charge in [-0.25, -0.2) is 8.97 Å². The van der Waals surface area contributed by atoms with E-state index in [0.717, 1.165) is 41.7 Å². The van der Waals surface area contributed by atoms with Crippen molar-refractivity contribution in [3.63, 3.8) is 0 Å². The molecule has 182 valence electrons. The van der Waals surface area contributed by atoms with E-state index in [0.29, 0.717) is 26.1 Å². The molecule has 0 saturated heterocycles. The first-order chi connectivity index (χ1) is 16.8. The summed E-state index contributed by atoms with van der Waals surface area (Å²) in [4.78, 5) is 42.7. The summed E-state index contributed by atoms with van der Waals surface area (Å²) in [6.07, 6.45) is 0.742. The number of thiophene rings is 1. The average Bonchev–Trinajstić information content (AvgIpc) is 3.38. The number of likely N-dealkylation sites (N-methyl/N-ethyl adjacent to an activating group) is 1. The number of benzene rings is 1. The second kappa shape index (κ2) is 9.38. The second-order valence-corrected chi connectivity index (χ2v) is 10.9. The van der Waals surface area contributed by atoms with Crippen molar-refractivity contribution in [2.24, 2.45) is 0 Å². The number of ketones is 1. The van der Waals surface area contributed by atoms with Crippen LogP contribution in [0.15, 0.2) is 34.2 Å². The zero-order valence-corrected chi connectivity index (χ0v) is 21.7. The highest BCUT2D eigenvalue weighted by atomic mass is 35.5. The van der Waals surface area contributed by atoms with Crippen LogP contribution in [0.5, 0.6) is 0 Å². The molecule has 35 heavy (non-hydrogen) atoms. The monoisotopic (exact) mass is 531 g/mol. The second-order valence-electron chi connectivity index (χ2n) is 8.27. The Morgan fingerprint density at radius 2 is 2.11 bits per heavy atom. The maximum absolute atomic E-state index is 13.9. The largest absolute Gasteiger partial charge is 0.465 e. The molecule has 1 unspecified atom stereocenters. The summed E-state index contributed by atoms with van der Waals surface area (Å²) >= 11 is 8.74. The van der Waals surface area contributed by atoms with Crippen LogP contribution in [0.4, 0.5) is 0 Å². The molecule has 12 heteroatoms. The van der Waals surface area contributed by atoms with E-state index in [1.165, 1.54) is 22.8 Å². The number of esters is 1. The third-order valence-electron chi connectivity index (χ3n) is 5.83. The predicted molar refractivity (Wildman–Crippen MR) is 136 cm³/mol. The van der Waals surface area contributed by atoms with E-state index in [1.54, 1.807) is 35.6 Å². The van der Waals surface area contributed by atoms with Crippen molar-refractivity contribution in [2.75, 3.05) is 20.2 Å². The Kier molecular flexibility index (Phi) is 6.43. The first kappa shape index (κ1) is 24.0. The fraction of sp³-hybridized carbons (Fsp3) is 0.348. The summed E-state index contributed by atoms with van der Waals surface area (Å²) in [6, 6.07) is 6.97. The number of carbonyl (C=O) groups is 2. The molecule has 4 aromatic rings. The molecule has 1 atom stereocenters. The van der Waals surface area contributed by atoms with Gasteiger partial charge in [0.1, 0.15) is 4.83 Å². The number of nitrogens with zero attached hydrogens (tertiary/aromatic N) is 5. The van der Waals surface area contributed by atoms with Crippen LogP contribution in [0.2, 0.25) is 5.02 Å². The maximum atomic E-state index is 13.9. The van der Waals surface area contributed by atoms with Crippen molar-refractivity contribution in [3.8, 4) is 5.69 Å². The predicted octanol–water partition coefficient (Wildman–Crippen LogP) is 3.35. The minimum atomic E-state index is -1.09. The van der Waals surface area contributed by atoms with E-state index in [-0.39, 0.29) is 23.7 Å². The van der Waals surface area contributed by atoms with Crippen LogP contribution in [-0.4, -0.2) is 61.3 Å². The number of fused-ring (bicyclic) bond motifs is 5. The first-order valence-electron chi connectivity index (χ1n) is 11.0. The van der Waals surface area contributed by atoms with Crippen molar-refractivity contribution in [1.82, 2.24) is 24.1 Å². The van der Waals surface area contributed by atoms with Gasteiger partial charge in [0.15, 0.2) is 16.2 Å². The molecule has 0 bridgehead atoms. The van der Waals surface area contributed by atoms with Gasteiger partial charge in [0, 0.05) is 23.0 Å². The molecule has 0 saturated carbocycles. The van der Waals surface area contributed by atoms with Crippen molar-refractivity contribution in [2.45, 2.75) is 37.2 Å². The van der Waals surface area contributed by atoms with Gasteiger partial charge in [-0.2, -0.15) is 0 Å². The minimum Gasteiger partial charge on any atom is -0.465 e. The van der Waals surface area contributed by atoms with Gasteiger partial charge in [0.05, 0.1) is 17.7 Å². The van der Waals surface area contributed by atoms with E-state index in [1.807, 2.05) is 7.05 Å². The van der Waals surface area contributed by atoms with Gasteiger partial charge >= 0.3 is 5.97 Å². The Balaban J connectivity index is 1.81. The van der Waals surface area contributed by atoms with Gasteiger partial charge in [-0.05, 0) is 51.1 Å². The third-order valence-corrected chi connectivity index (χ3v) is 8.50. The van der Waals surface area contributed by atoms with Gasteiger partial charge < -0.3 is 9.64 Å². The molecule has 4 heterocycles. The SMILES string of the molecule is CCOC(=O)C(Sc1nnc2n(-c3cccc(Cl)c3)c(=O)c3c4c(sc3n12)CN(C)CC4)C(C)=O. The highest BCUT2D eigenvalue weighted by Crippen LogP contribution is 2.36. The molecule has 1 aromatic carbocycles. The zero-order chi connectivity index (χ0) is 24.9. The maximum Gasteiger partial charge on any atom is 0.327 e. The van der Waals surface area contributed by atoms with E-state index >= 15 is 0 Å². The van der Waals surface area contributed by atoms with Crippen molar-refractivity contribution < 1.29 is 14.3 Å². The molecule has 0 aliphatic carbocycles. The highest BCUT2D eigenvalue weighted by molar-refractivity contribution is 8.01. The van der Waals surface area contributed by atoms with Gasteiger partial charge in [0.25, 0.3) is 5.56 Å². The van der Waals surface area contributed by atoms with Gasteiger partial charge in [0.2, 0.25) is 5.78 Å². The first-order valence-corrected chi connectivity index (χ1v) is 13.1. The quantitative estimate of drug-likeness (QED) is 0.212. The molecule has 3 aromatic heterocycles. The number of aromatic nitrogens is 4. The Hall–Kier alpha value is -2.73. The van der Waals surface area contributed by atoms with Crippen LogP contribution in [-0.2, 0) is 27.3 Å². The zero-order valence-electron chi connectivity index (χ0n) is 19.3. The van der Waals surface area contributed by atoms with Crippen LogP contribution in [0.25, 0.3) is 21.7 Å². The van der Waals surface area contributed by atoms with Crippen LogP contribution in [0, 0.1) is 0 Å². The molecule has 9 nitrogen and oxygen atoms in total. The smallest absolute Gasteiger partial charge is 0.327 e.